The highest BCUT2D eigenvalue weighted by Crippen LogP contribution is 2.01. The Morgan fingerprint density at radius 2 is 2.00 bits per heavy atom. The number of nitrogens with zero attached hydrogens (tertiary/aromatic N) is 2. The summed E-state index contributed by atoms with van der Waals surface area (Å²) in [6, 6.07) is 8.94. The maximum Gasteiger partial charge on any atom is 0.348 e. The molecule has 1 aromatic heterocycles. The summed E-state index contributed by atoms with van der Waals surface area (Å²) in [5.41, 5.74) is 0.168. The second-order valence-corrected chi connectivity index (χ2v) is 5.10. The summed E-state index contributed by atoms with van der Waals surface area (Å²) < 4.78 is 6.58. The number of carbonyl (C=O) groups is 1. The molecule has 23 heavy (non-hydrogen) atoms. The van der Waals surface area contributed by atoms with Gasteiger partial charge in [0.2, 0.25) is 5.82 Å². The fourth-order valence-electron chi connectivity index (χ4n) is 1.98. The number of hydrogen-bond donors (Lipinski definition) is 2. The van der Waals surface area contributed by atoms with E-state index in [0.717, 1.165) is 25.9 Å². The number of para-hydroxylation sites is 1. The lowest BCUT2D eigenvalue weighted by molar-refractivity contribution is 0.0930. The van der Waals surface area contributed by atoms with Crippen molar-refractivity contribution in [1.29, 1.82) is 0 Å². The van der Waals surface area contributed by atoms with Crippen LogP contribution < -0.4 is 11.0 Å². The van der Waals surface area contributed by atoms with Gasteiger partial charge in [-0.2, -0.15) is 4.68 Å². The molecule has 0 fully saturated rings. The SMILES string of the molecule is CCCCOCCCNC(=O)c1nn(-c2ccccc2)c(=O)[nH]1. The van der Waals surface area contributed by atoms with E-state index in [9.17, 15) is 9.59 Å². The van der Waals surface area contributed by atoms with Crippen molar-refractivity contribution in [3.8, 4) is 5.69 Å². The van der Waals surface area contributed by atoms with Crippen molar-refractivity contribution in [3.63, 3.8) is 0 Å². The van der Waals surface area contributed by atoms with Gasteiger partial charge in [-0.25, -0.2) is 4.79 Å². The number of hydrogen-bond acceptors (Lipinski definition) is 4. The first-order valence-corrected chi connectivity index (χ1v) is 7.83. The summed E-state index contributed by atoms with van der Waals surface area (Å²) in [7, 11) is 0. The van der Waals surface area contributed by atoms with Crippen molar-refractivity contribution in [2.75, 3.05) is 19.8 Å². The molecular weight excluding hydrogens is 296 g/mol. The molecule has 0 saturated heterocycles. The number of nitrogens with one attached hydrogen (secondary N) is 2. The van der Waals surface area contributed by atoms with E-state index >= 15 is 0 Å². The molecule has 124 valence electrons. The molecule has 2 rings (SSSR count). The number of carbonyl (C=O) groups excluding carboxylic acids is 1. The quantitative estimate of drug-likeness (QED) is 0.686. The van der Waals surface area contributed by atoms with Gasteiger partial charge in [0, 0.05) is 19.8 Å². The molecule has 0 saturated carbocycles. The normalized spacial score (nSPS) is 10.7. The molecule has 0 radical (unpaired) electrons. The Balaban J connectivity index is 1.83. The molecule has 2 aromatic rings. The second kappa shape index (κ2) is 8.89. The molecule has 0 spiro atoms. The highest BCUT2D eigenvalue weighted by molar-refractivity contribution is 5.90. The molecule has 0 aliphatic heterocycles. The van der Waals surface area contributed by atoms with E-state index in [-0.39, 0.29) is 5.82 Å². The van der Waals surface area contributed by atoms with E-state index in [2.05, 4.69) is 22.3 Å². The lowest BCUT2D eigenvalue weighted by Gasteiger charge is -2.04. The zero-order valence-electron chi connectivity index (χ0n) is 13.2. The van der Waals surface area contributed by atoms with Crippen LogP contribution in [0.4, 0.5) is 0 Å². The maximum absolute atomic E-state index is 12.0. The average Bonchev–Trinajstić information content (AvgIpc) is 2.96. The third-order valence-electron chi connectivity index (χ3n) is 3.23. The number of ether oxygens (including phenoxy) is 1. The maximum atomic E-state index is 12.0. The number of benzene rings is 1. The molecular formula is C16H22N4O3. The third-order valence-corrected chi connectivity index (χ3v) is 3.23. The van der Waals surface area contributed by atoms with E-state index in [1.807, 2.05) is 6.07 Å². The fourth-order valence-corrected chi connectivity index (χ4v) is 1.98. The first kappa shape index (κ1) is 17.0. The summed E-state index contributed by atoms with van der Waals surface area (Å²) in [5, 5.41) is 6.74. The highest BCUT2D eigenvalue weighted by Gasteiger charge is 2.13. The molecule has 1 heterocycles. The predicted molar refractivity (Wildman–Crippen MR) is 86.9 cm³/mol. The summed E-state index contributed by atoms with van der Waals surface area (Å²) >= 11 is 0. The number of amides is 1. The van der Waals surface area contributed by atoms with Crippen LogP contribution in [0.3, 0.4) is 0 Å². The third kappa shape index (κ3) is 5.07. The number of unbranched alkanes of at least 4 members (excludes halogenated alkanes) is 1. The number of rotatable bonds is 9. The van der Waals surface area contributed by atoms with E-state index in [0.29, 0.717) is 18.8 Å². The van der Waals surface area contributed by atoms with Crippen molar-refractivity contribution in [2.24, 2.45) is 0 Å². The second-order valence-electron chi connectivity index (χ2n) is 5.10. The van der Waals surface area contributed by atoms with Crippen LogP contribution in [0.15, 0.2) is 35.1 Å². The van der Waals surface area contributed by atoms with Gasteiger partial charge in [0.05, 0.1) is 5.69 Å². The van der Waals surface area contributed by atoms with E-state index < -0.39 is 11.6 Å². The molecule has 1 amide bonds. The highest BCUT2D eigenvalue weighted by atomic mass is 16.5. The topological polar surface area (TPSA) is 89.0 Å². The summed E-state index contributed by atoms with van der Waals surface area (Å²) in [5.74, 6) is -0.393. The van der Waals surface area contributed by atoms with Crippen LogP contribution in [0.25, 0.3) is 5.69 Å². The molecule has 1 aromatic carbocycles. The molecule has 0 atom stereocenters. The first-order valence-electron chi connectivity index (χ1n) is 7.83. The monoisotopic (exact) mass is 318 g/mol. The Bertz CT molecular complexity index is 663. The van der Waals surface area contributed by atoms with Gasteiger partial charge in [-0.15, -0.1) is 5.10 Å². The van der Waals surface area contributed by atoms with Crippen molar-refractivity contribution in [3.05, 3.63) is 46.6 Å². The minimum absolute atomic E-state index is 0.00533. The van der Waals surface area contributed by atoms with Crippen LogP contribution in [-0.4, -0.2) is 40.4 Å². The van der Waals surface area contributed by atoms with Gasteiger partial charge in [-0.3, -0.25) is 9.78 Å². The van der Waals surface area contributed by atoms with Gasteiger partial charge < -0.3 is 10.1 Å². The largest absolute Gasteiger partial charge is 0.381 e. The van der Waals surface area contributed by atoms with Crippen LogP contribution in [0.2, 0.25) is 0 Å². The Morgan fingerprint density at radius 3 is 2.74 bits per heavy atom. The van der Waals surface area contributed by atoms with E-state index in [1.54, 1.807) is 24.3 Å². The minimum Gasteiger partial charge on any atom is -0.381 e. The lowest BCUT2D eigenvalue weighted by atomic mass is 10.3. The summed E-state index contributed by atoms with van der Waals surface area (Å²) in [6.07, 6.45) is 2.87. The zero-order valence-corrected chi connectivity index (χ0v) is 13.2. The molecule has 7 heteroatoms. The van der Waals surface area contributed by atoms with Gasteiger partial charge >= 0.3 is 5.69 Å². The van der Waals surface area contributed by atoms with Crippen LogP contribution >= 0.6 is 0 Å². The molecule has 0 bridgehead atoms. The number of aromatic amines is 1. The van der Waals surface area contributed by atoms with Crippen LogP contribution in [0, 0.1) is 0 Å². The van der Waals surface area contributed by atoms with Crippen molar-refractivity contribution >= 4 is 5.91 Å². The lowest BCUT2D eigenvalue weighted by Crippen LogP contribution is -2.26. The van der Waals surface area contributed by atoms with Gasteiger partial charge in [0.1, 0.15) is 0 Å². The Morgan fingerprint density at radius 1 is 1.26 bits per heavy atom. The van der Waals surface area contributed by atoms with E-state index in [4.69, 9.17) is 4.74 Å². The standard InChI is InChI=1S/C16H22N4O3/c1-2-3-11-23-12-7-10-17-15(21)14-18-16(22)20(19-14)13-8-5-4-6-9-13/h4-6,8-9H,2-3,7,10-12H2,1H3,(H,17,21)(H,18,19,22). The average molecular weight is 318 g/mol. The van der Waals surface area contributed by atoms with Crippen LogP contribution in [0.1, 0.15) is 36.8 Å². The smallest absolute Gasteiger partial charge is 0.348 e. The van der Waals surface area contributed by atoms with Gasteiger partial charge in [-0.05, 0) is 25.0 Å². The van der Waals surface area contributed by atoms with Gasteiger partial charge in [-0.1, -0.05) is 31.5 Å². The number of aromatic nitrogens is 3. The molecule has 0 unspecified atom stereocenters. The van der Waals surface area contributed by atoms with Crippen molar-refractivity contribution in [1.82, 2.24) is 20.1 Å². The van der Waals surface area contributed by atoms with Gasteiger partial charge in [0.25, 0.3) is 5.91 Å². The molecule has 2 N–H and O–H groups in total. The van der Waals surface area contributed by atoms with Crippen LogP contribution in [0.5, 0.6) is 0 Å². The number of H-pyrrole nitrogens is 1. The van der Waals surface area contributed by atoms with Crippen molar-refractivity contribution in [2.45, 2.75) is 26.2 Å². The van der Waals surface area contributed by atoms with Crippen LogP contribution in [-0.2, 0) is 4.74 Å². The Labute approximate surface area is 134 Å². The molecule has 0 aliphatic rings. The van der Waals surface area contributed by atoms with E-state index in [1.165, 1.54) is 4.68 Å². The fraction of sp³-hybridized carbons (Fsp3) is 0.438. The summed E-state index contributed by atoms with van der Waals surface area (Å²) in [4.78, 5) is 26.3. The van der Waals surface area contributed by atoms with Gasteiger partial charge in [0.15, 0.2) is 0 Å². The summed E-state index contributed by atoms with van der Waals surface area (Å²) in [6.45, 7) is 3.94. The zero-order chi connectivity index (χ0) is 16.5. The van der Waals surface area contributed by atoms with Crippen molar-refractivity contribution < 1.29 is 9.53 Å². The Hall–Kier alpha value is -2.41. The minimum atomic E-state index is -0.441. The molecule has 0 aliphatic carbocycles. The first-order chi connectivity index (χ1) is 11.2. The molecule has 7 nitrogen and oxygen atoms in total. The Kier molecular flexibility index (Phi) is 6.56. The predicted octanol–water partition coefficient (Wildman–Crippen LogP) is 1.50.